The van der Waals surface area contributed by atoms with Crippen molar-refractivity contribution in [2.24, 2.45) is 0 Å². The molecule has 0 fully saturated rings. The molecule has 3 nitrogen and oxygen atoms in total. The van der Waals surface area contributed by atoms with Gasteiger partial charge in [0.25, 0.3) is 0 Å². The predicted molar refractivity (Wildman–Crippen MR) is 84.1 cm³/mol. The first kappa shape index (κ1) is 16.1. The summed E-state index contributed by atoms with van der Waals surface area (Å²) >= 11 is 0. The van der Waals surface area contributed by atoms with Gasteiger partial charge in [0.05, 0.1) is 5.56 Å². The normalized spacial score (nSPS) is 11.5. The Balaban J connectivity index is 1.93. The number of para-hydroxylation sites is 1. The lowest BCUT2D eigenvalue weighted by atomic mass is 10.1. The number of hydrogen-bond donors (Lipinski definition) is 0. The molecular weight excluding hydrogens is 317 g/mol. The van der Waals surface area contributed by atoms with Gasteiger partial charge in [-0.05, 0) is 31.2 Å². The second-order valence-corrected chi connectivity index (χ2v) is 5.29. The summed E-state index contributed by atoms with van der Waals surface area (Å²) in [5.41, 5.74) is -0.197. The average Bonchev–Trinajstić information content (AvgIpc) is 2.99. The summed E-state index contributed by atoms with van der Waals surface area (Å²) in [5, 5.41) is 0. The molecule has 0 aliphatic rings. The number of rotatable bonds is 4. The largest absolute Gasteiger partial charge is 0.489 e. The number of alkyl halides is 3. The maximum Gasteiger partial charge on any atom is 0.416 e. The van der Waals surface area contributed by atoms with Crippen LogP contribution in [0.4, 0.5) is 13.2 Å². The number of halogens is 3. The molecule has 0 spiro atoms. The highest BCUT2D eigenvalue weighted by molar-refractivity contribution is 5.43. The summed E-state index contributed by atoms with van der Waals surface area (Å²) in [5.74, 6) is 1.15. The van der Waals surface area contributed by atoms with Gasteiger partial charge >= 0.3 is 6.18 Å². The summed E-state index contributed by atoms with van der Waals surface area (Å²) in [4.78, 5) is 4.04. The zero-order valence-electron chi connectivity index (χ0n) is 12.9. The third-order valence-electron chi connectivity index (χ3n) is 3.64. The van der Waals surface area contributed by atoms with Crippen molar-refractivity contribution in [1.29, 1.82) is 0 Å². The minimum atomic E-state index is -4.46. The fraction of sp³-hybridized carbons (Fsp3) is 0.167. The molecule has 1 aromatic heterocycles. The van der Waals surface area contributed by atoms with Crippen molar-refractivity contribution in [2.75, 3.05) is 0 Å². The van der Waals surface area contributed by atoms with Crippen LogP contribution in [0.2, 0.25) is 0 Å². The SMILES string of the molecule is Cc1nccn1-c1ccc(COc2ccccc2)c(C(F)(F)F)c1. The molecule has 0 N–H and O–H groups in total. The molecule has 1 heterocycles. The molecule has 0 saturated heterocycles. The van der Waals surface area contributed by atoms with Gasteiger partial charge in [-0.15, -0.1) is 0 Å². The van der Waals surface area contributed by atoms with Crippen LogP contribution < -0.4 is 4.74 Å². The molecule has 0 bridgehead atoms. The molecule has 3 aromatic rings. The van der Waals surface area contributed by atoms with Crippen molar-refractivity contribution in [3.8, 4) is 11.4 Å². The summed E-state index contributed by atoms with van der Waals surface area (Å²) < 4.78 is 47.3. The summed E-state index contributed by atoms with van der Waals surface area (Å²) in [6.07, 6.45) is -1.28. The van der Waals surface area contributed by atoms with Gasteiger partial charge in [0.1, 0.15) is 18.2 Å². The Morgan fingerprint density at radius 3 is 2.46 bits per heavy atom. The van der Waals surface area contributed by atoms with E-state index in [1.54, 1.807) is 54.2 Å². The first-order chi connectivity index (χ1) is 11.4. The van der Waals surface area contributed by atoms with Gasteiger partial charge in [-0.1, -0.05) is 24.3 Å². The van der Waals surface area contributed by atoms with Crippen LogP contribution in [0.1, 0.15) is 17.0 Å². The highest BCUT2D eigenvalue weighted by Crippen LogP contribution is 2.34. The molecule has 24 heavy (non-hydrogen) atoms. The Morgan fingerprint density at radius 2 is 1.83 bits per heavy atom. The highest BCUT2D eigenvalue weighted by Gasteiger charge is 2.34. The van der Waals surface area contributed by atoms with Crippen LogP contribution in [0.5, 0.6) is 5.75 Å². The van der Waals surface area contributed by atoms with Crippen LogP contribution in [-0.4, -0.2) is 9.55 Å². The number of benzene rings is 2. The lowest BCUT2D eigenvalue weighted by Gasteiger charge is -2.16. The van der Waals surface area contributed by atoms with Crippen molar-refractivity contribution in [3.63, 3.8) is 0 Å². The summed E-state index contributed by atoms with van der Waals surface area (Å²) in [6, 6.07) is 13.0. The first-order valence-electron chi connectivity index (χ1n) is 7.33. The van der Waals surface area contributed by atoms with E-state index >= 15 is 0 Å². The van der Waals surface area contributed by atoms with Crippen LogP contribution >= 0.6 is 0 Å². The standard InChI is InChI=1S/C18H15F3N2O/c1-13-22-9-10-23(13)15-8-7-14(17(11-15)18(19,20)21)12-24-16-5-3-2-4-6-16/h2-11H,12H2,1H3. The maximum atomic E-state index is 13.4. The van der Waals surface area contributed by atoms with E-state index < -0.39 is 11.7 Å². The number of ether oxygens (including phenoxy) is 1. The van der Waals surface area contributed by atoms with Crippen molar-refractivity contribution < 1.29 is 17.9 Å². The van der Waals surface area contributed by atoms with E-state index in [-0.39, 0.29) is 12.2 Å². The van der Waals surface area contributed by atoms with Crippen molar-refractivity contribution in [1.82, 2.24) is 9.55 Å². The molecule has 124 valence electrons. The van der Waals surface area contributed by atoms with Gasteiger partial charge in [-0.2, -0.15) is 13.2 Å². The minimum absolute atomic E-state index is 0.0906. The lowest BCUT2D eigenvalue weighted by molar-refractivity contribution is -0.138. The van der Waals surface area contributed by atoms with Crippen LogP contribution in [-0.2, 0) is 12.8 Å². The molecule has 0 saturated carbocycles. The zero-order valence-corrected chi connectivity index (χ0v) is 12.9. The Hall–Kier alpha value is -2.76. The molecular formula is C18H15F3N2O. The number of hydrogen-bond acceptors (Lipinski definition) is 2. The highest BCUT2D eigenvalue weighted by atomic mass is 19.4. The van der Waals surface area contributed by atoms with Crippen LogP contribution in [0.25, 0.3) is 5.69 Å². The van der Waals surface area contributed by atoms with Crippen molar-refractivity contribution >= 4 is 0 Å². The van der Waals surface area contributed by atoms with Gasteiger partial charge < -0.3 is 9.30 Å². The smallest absolute Gasteiger partial charge is 0.416 e. The van der Waals surface area contributed by atoms with Crippen molar-refractivity contribution in [2.45, 2.75) is 19.7 Å². The molecule has 0 aliphatic carbocycles. The van der Waals surface area contributed by atoms with Crippen molar-refractivity contribution in [3.05, 3.63) is 77.9 Å². The van der Waals surface area contributed by atoms with Gasteiger partial charge in [0.2, 0.25) is 0 Å². The molecule has 3 rings (SSSR count). The molecule has 6 heteroatoms. The topological polar surface area (TPSA) is 27.1 Å². The second kappa shape index (κ2) is 6.39. The average molecular weight is 332 g/mol. The number of imidazole rings is 1. The van der Waals surface area contributed by atoms with Crippen LogP contribution in [0.15, 0.2) is 60.9 Å². The van der Waals surface area contributed by atoms with E-state index in [1.807, 2.05) is 6.07 Å². The molecule has 0 aliphatic heterocycles. The monoisotopic (exact) mass is 332 g/mol. The first-order valence-corrected chi connectivity index (χ1v) is 7.33. The molecule has 0 amide bonds. The van der Waals surface area contributed by atoms with Crippen LogP contribution in [0.3, 0.4) is 0 Å². The third kappa shape index (κ3) is 3.42. The molecule has 2 aromatic carbocycles. The maximum absolute atomic E-state index is 13.4. The number of aromatic nitrogens is 2. The Labute approximate surface area is 137 Å². The fourth-order valence-corrected chi connectivity index (χ4v) is 2.43. The van der Waals surface area contributed by atoms with Gasteiger partial charge in [-0.25, -0.2) is 4.98 Å². The summed E-state index contributed by atoms with van der Waals surface area (Å²) in [6.45, 7) is 1.59. The van der Waals surface area contributed by atoms with E-state index in [1.165, 1.54) is 6.07 Å². The fourth-order valence-electron chi connectivity index (χ4n) is 2.43. The van der Waals surface area contributed by atoms with Gasteiger partial charge in [0.15, 0.2) is 0 Å². The van der Waals surface area contributed by atoms with E-state index in [9.17, 15) is 13.2 Å². The minimum Gasteiger partial charge on any atom is -0.489 e. The summed E-state index contributed by atoms with van der Waals surface area (Å²) in [7, 11) is 0. The van der Waals surface area contributed by atoms with E-state index in [0.717, 1.165) is 6.07 Å². The molecule has 0 radical (unpaired) electrons. The number of aryl methyl sites for hydroxylation is 1. The van der Waals surface area contributed by atoms with Gasteiger partial charge in [-0.3, -0.25) is 0 Å². The second-order valence-electron chi connectivity index (χ2n) is 5.29. The Bertz CT molecular complexity index is 826. The lowest BCUT2D eigenvalue weighted by Crippen LogP contribution is -2.12. The quantitative estimate of drug-likeness (QED) is 0.687. The predicted octanol–water partition coefficient (Wildman–Crippen LogP) is 4.78. The third-order valence-corrected chi connectivity index (χ3v) is 3.64. The van der Waals surface area contributed by atoms with E-state index in [0.29, 0.717) is 17.3 Å². The zero-order chi connectivity index (χ0) is 17.2. The molecule has 0 atom stereocenters. The van der Waals surface area contributed by atoms with E-state index in [4.69, 9.17) is 4.74 Å². The Kier molecular flexibility index (Phi) is 4.29. The molecule has 0 unspecified atom stereocenters. The van der Waals surface area contributed by atoms with E-state index in [2.05, 4.69) is 4.98 Å². The Morgan fingerprint density at radius 1 is 1.08 bits per heavy atom. The van der Waals surface area contributed by atoms with Crippen LogP contribution in [0, 0.1) is 6.92 Å². The number of nitrogens with zero attached hydrogens (tertiary/aromatic N) is 2. The van der Waals surface area contributed by atoms with Gasteiger partial charge in [0, 0.05) is 23.6 Å².